The molecule has 0 radical (unpaired) electrons. The van der Waals surface area contributed by atoms with E-state index >= 15 is 0 Å². The van der Waals surface area contributed by atoms with Gasteiger partial charge in [-0.25, -0.2) is 4.98 Å². The Hall–Kier alpha value is -2.75. The number of nitrogens with zero attached hydrogens (tertiary/aromatic N) is 1. The van der Waals surface area contributed by atoms with Gasteiger partial charge < -0.3 is 14.5 Å². The van der Waals surface area contributed by atoms with Gasteiger partial charge in [0.25, 0.3) is 0 Å². The largest absolute Gasteiger partial charge is 0.458 e. The molecule has 0 spiro atoms. The normalized spacial score (nSPS) is 17.3. The lowest BCUT2D eigenvalue weighted by atomic mass is 10.1. The van der Waals surface area contributed by atoms with E-state index in [0.717, 1.165) is 11.0 Å². The van der Waals surface area contributed by atoms with Gasteiger partial charge >= 0.3 is 0 Å². The SMILES string of the molecule is C1=C(c2nc3ccccc3[nH]2)OC(Cc2ccccc2)O1. The number of nitrogens with one attached hydrogen (secondary N) is 1. The highest BCUT2D eigenvalue weighted by Crippen LogP contribution is 2.26. The fraction of sp³-hybridized carbons (Fsp3) is 0.118. The molecule has 1 unspecified atom stereocenters. The molecule has 4 heteroatoms. The molecule has 0 saturated heterocycles. The molecular formula is C17H14N2O2. The molecule has 2 aromatic carbocycles. The van der Waals surface area contributed by atoms with Crippen LogP contribution < -0.4 is 0 Å². The van der Waals surface area contributed by atoms with Gasteiger partial charge in [-0.05, 0) is 17.7 Å². The van der Waals surface area contributed by atoms with E-state index in [4.69, 9.17) is 9.47 Å². The third kappa shape index (κ3) is 2.36. The Kier molecular flexibility index (Phi) is 2.85. The minimum absolute atomic E-state index is 0.296. The monoisotopic (exact) mass is 278 g/mol. The van der Waals surface area contributed by atoms with Crippen LogP contribution in [0.3, 0.4) is 0 Å². The maximum Gasteiger partial charge on any atom is 0.244 e. The van der Waals surface area contributed by atoms with Crippen LogP contribution in [0.1, 0.15) is 11.4 Å². The molecule has 1 N–H and O–H groups in total. The van der Waals surface area contributed by atoms with Crippen molar-refractivity contribution in [2.45, 2.75) is 12.7 Å². The first-order valence-corrected chi connectivity index (χ1v) is 6.90. The molecule has 1 atom stereocenters. The number of fused-ring (bicyclic) bond motifs is 1. The Labute approximate surface area is 122 Å². The van der Waals surface area contributed by atoms with Crippen molar-refractivity contribution >= 4 is 16.8 Å². The quantitative estimate of drug-likeness (QED) is 0.798. The topological polar surface area (TPSA) is 47.1 Å². The van der Waals surface area contributed by atoms with Crippen LogP contribution in [0, 0.1) is 0 Å². The number of benzene rings is 2. The molecule has 1 aliphatic rings. The third-order valence-electron chi connectivity index (χ3n) is 3.45. The number of rotatable bonds is 3. The summed E-state index contributed by atoms with van der Waals surface area (Å²) in [5.41, 5.74) is 3.09. The van der Waals surface area contributed by atoms with Gasteiger partial charge in [-0.1, -0.05) is 42.5 Å². The van der Waals surface area contributed by atoms with Crippen molar-refractivity contribution < 1.29 is 9.47 Å². The van der Waals surface area contributed by atoms with Crippen molar-refractivity contribution in [1.82, 2.24) is 9.97 Å². The molecule has 4 nitrogen and oxygen atoms in total. The fourth-order valence-corrected chi connectivity index (χ4v) is 2.41. The number of ether oxygens (including phenoxy) is 2. The van der Waals surface area contributed by atoms with E-state index in [-0.39, 0.29) is 6.29 Å². The molecular weight excluding hydrogens is 264 g/mol. The summed E-state index contributed by atoms with van der Waals surface area (Å²) >= 11 is 0. The van der Waals surface area contributed by atoms with E-state index in [9.17, 15) is 0 Å². The molecule has 1 aliphatic heterocycles. The van der Waals surface area contributed by atoms with Gasteiger partial charge in [-0.15, -0.1) is 0 Å². The van der Waals surface area contributed by atoms with E-state index in [1.807, 2.05) is 42.5 Å². The Balaban J connectivity index is 1.50. The fourth-order valence-electron chi connectivity index (χ4n) is 2.41. The average Bonchev–Trinajstić information content (AvgIpc) is 3.14. The lowest BCUT2D eigenvalue weighted by molar-refractivity contribution is -0.0139. The maximum absolute atomic E-state index is 5.83. The van der Waals surface area contributed by atoms with Crippen LogP contribution in [0.5, 0.6) is 0 Å². The minimum Gasteiger partial charge on any atom is -0.458 e. The van der Waals surface area contributed by atoms with Crippen LogP contribution in [0.4, 0.5) is 0 Å². The Morgan fingerprint density at radius 1 is 1.00 bits per heavy atom. The van der Waals surface area contributed by atoms with Crippen LogP contribution >= 0.6 is 0 Å². The number of para-hydroxylation sites is 2. The number of hydrogen-bond donors (Lipinski definition) is 1. The summed E-state index contributed by atoms with van der Waals surface area (Å²) in [4.78, 5) is 7.74. The molecule has 2 heterocycles. The van der Waals surface area contributed by atoms with Gasteiger partial charge in [0.05, 0.1) is 11.0 Å². The summed E-state index contributed by atoms with van der Waals surface area (Å²) in [6, 6.07) is 18.0. The Morgan fingerprint density at radius 2 is 1.81 bits per heavy atom. The van der Waals surface area contributed by atoms with Crippen LogP contribution in [-0.2, 0) is 15.9 Å². The van der Waals surface area contributed by atoms with Crippen molar-refractivity contribution in [1.29, 1.82) is 0 Å². The highest BCUT2D eigenvalue weighted by molar-refractivity contribution is 5.77. The van der Waals surface area contributed by atoms with E-state index in [0.29, 0.717) is 18.0 Å². The van der Waals surface area contributed by atoms with Gasteiger partial charge in [-0.3, -0.25) is 0 Å². The van der Waals surface area contributed by atoms with Crippen molar-refractivity contribution in [2.24, 2.45) is 0 Å². The van der Waals surface area contributed by atoms with Crippen LogP contribution in [0.15, 0.2) is 60.9 Å². The molecule has 0 aliphatic carbocycles. The number of aromatic nitrogens is 2. The smallest absolute Gasteiger partial charge is 0.244 e. The average molecular weight is 278 g/mol. The predicted octanol–water partition coefficient (Wildman–Crippen LogP) is 3.48. The van der Waals surface area contributed by atoms with Crippen LogP contribution in [0.2, 0.25) is 0 Å². The summed E-state index contributed by atoms with van der Waals surface area (Å²) in [6.07, 6.45) is 2.04. The zero-order chi connectivity index (χ0) is 14.1. The molecule has 21 heavy (non-hydrogen) atoms. The molecule has 0 saturated carbocycles. The standard InChI is InChI=1S/C17H14N2O2/c1-2-6-12(7-3-1)10-16-20-11-15(21-16)17-18-13-8-4-5-9-14(13)19-17/h1-9,11,16H,10H2,(H,18,19). The Morgan fingerprint density at radius 3 is 2.67 bits per heavy atom. The molecule has 4 rings (SSSR count). The number of H-pyrrole nitrogens is 1. The van der Waals surface area contributed by atoms with Crippen molar-refractivity contribution in [3.05, 3.63) is 72.2 Å². The number of aromatic amines is 1. The molecule has 0 fully saturated rings. The summed E-state index contributed by atoms with van der Waals surface area (Å²) in [5.74, 6) is 1.35. The van der Waals surface area contributed by atoms with Gasteiger partial charge in [-0.2, -0.15) is 0 Å². The first-order chi connectivity index (χ1) is 10.4. The zero-order valence-corrected chi connectivity index (χ0v) is 11.3. The van der Waals surface area contributed by atoms with Crippen molar-refractivity contribution in [3.8, 4) is 0 Å². The highest BCUT2D eigenvalue weighted by atomic mass is 16.7. The Bertz CT molecular complexity index is 760. The van der Waals surface area contributed by atoms with Crippen LogP contribution in [-0.4, -0.2) is 16.3 Å². The lowest BCUT2D eigenvalue weighted by Gasteiger charge is -2.11. The summed E-state index contributed by atoms with van der Waals surface area (Å²) in [7, 11) is 0. The van der Waals surface area contributed by atoms with Gasteiger partial charge in [0.15, 0.2) is 5.82 Å². The maximum atomic E-state index is 5.83. The molecule has 0 bridgehead atoms. The summed E-state index contributed by atoms with van der Waals surface area (Å²) in [6.45, 7) is 0. The zero-order valence-electron chi connectivity index (χ0n) is 11.3. The van der Waals surface area contributed by atoms with Crippen molar-refractivity contribution in [3.63, 3.8) is 0 Å². The van der Waals surface area contributed by atoms with Crippen LogP contribution in [0.25, 0.3) is 16.8 Å². The van der Waals surface area contributed by atoms with E-state index in [2.05, 4.69) is 22.1 Å². The van der Waals surface area contributed by atoms with Crippen molar-refractivity contribution in [2.75, 3.05) is 0 Å². The second-order valence-corrected chi connectivity index (χ2v) is 4.96. The lowest BCUT2D eigenvalue weighted by Crippen LogP contribution is -2.12. The predicted molar refractivity (Wildman–Crippen MR) is 80.2 cm³/mol. The third-order valence-corrected chi connectivity index (χ3v) is 3.45. The minimum atomic E-state index is -0.296. The van der Waals surface area contributed by atoms with Gasteiger partial charge in [0.2, 0.25) is 12.0 Å². The first-order valence-electron chi connectivity index (χ1n) is 6.90. The highest BCUT2D eigenvalue weighted by Gasteiger charge is 2.23. The second kappa shape index (κ2) is 4.98. The first kappa shape index (κ1) is 12.0. The summed E-state index contributed by atoms with van der Waals surface area (Å²) < 4.78 is 11.4. The van der Waals surface area contributed by atoms with Gasteiger partial charge in [0, 0.05) is 6.42 Å². The van der Waals surface area contributed by atoms with E-state index in [1.54, 1.807) is 6.26 Å². The molecule has 1 aromatic heterocycles. The number of imidazole rings is 1. The molecule has 104 valence electrons. The van der Waals surface area contributed by atoms with E-state index < -0.39 is 0 Å². The molecule has 0 amide bonds. The summed E-state index contributed by atoms with van der Waals surface area (Å²) in [5, 5.41) is 0. The molecule has 3 aromatic rings. The van der Waals surface area contributed by atoms with Gasteiger partial charge in [0.1, 0.15) is 6.26 Å². The second-order valence-electron chi connectivity index (χ2n) is 4.96. The number of hydrogen-bond acceptors (Lipinski definition) is 3. The van der Waals surface area contributed by atoms with E-state index in [1.165, 1.54) is 5.56 Å².